The summed E-state index contributed by atoms with van der Waals surface area (Å²) in [5, 5.41) is 0. The fraction of sp³-hybridized carbons (Fsp3) is 0.733. The molecule has 2 rings (SSSR count). The third-order valence-electron chi connectivity index (χ3n) is 4.55. The molecule has 0 amide bonds. The lowest BCUT2D eigenvalue weighted by Gasteiger charge is -2.48. The van der Waals surface area contributed by atoms with Crippen molar-refractivity contribution in [1.82, 2.24) is 4.90 Å². The van der Waals surface area contributed by atoms with Crippen LogP contribution < -0.4 is 5.73 Å². The van der Waals surface area contributed by atoms with E-state index in [1.807, 2.05) is 11.3 Å². The number of likely N-dealkylation sites (N-methyl/N-ethyl adjacent to an activating group) is 1. The molecule has 1 aliphatic rings. The second-order valence-electron chi connectivity index (χ2n) is 6.13. The van der Waals surface area contributed by atoms with Gasteiger partial charge in [0, 0.05) is 15.3 Å². The Morgan fingerprint density at radius 2 is 2.17 bits per heavy atom. The maximum absolute atomic E-state index is 6.65. The SMILES string of the molecule is Cc1ccc(C(N)C2(N(C)C)CCCC(C)C2)s1. The van der Waals surface area contributed by atoms with Gasteiger partial charge in [-0.2, -0.15) is 0 Å². The predicted molar refractivity (Wildman–Crippen MR) is 80.0 cm³/mol. The van der Waals surface area contributed by atoms with Crippen molar-refractivity contribution in [2.45, 2.75) is 51.1 Å². The van der Waals surface area contributed by atoms with E-state index in [9.17, 15) is 0 Å². The largest absolute Gasteiger partial charge is 0.322 e. The Balaban J connectivity index is 2.29. The predicted octanol–water partition coefficient (Wildman–Crippen LogP) is 3.57. The summed E-state index contributed by atoms with van der Waals surface area (Å²) >= 11 is 1.85. The Morgan fingerprint density at radius 3 is 2.67 bits per heavy atom. The topological polar surface area (TPSA) is 29.3 Å². The van der Waals surface area contributed by atoms with E-state index in [1.54, 1.807) is 0 Å². The van der Waals surface area contributed by atoms with Crippen LogP contribution in [-0.4, -0.2) is 24.5 Å². The van der Waals surface area contributed by atoms with E-state index < -0.39 is 0 Å². The number of nitrogens with zero attached hydrogens (tertiary/aromatic N) is 1. The van der Waals surface area contributed by atoms with E-state index >= 15 is 0 Å². The first-order chi connectivity index (χ1) is 8.45. The molecule has 3 unspecified atom stereocenters. The Bertz CT molecular complexity index is 399. The lowest BCUT2D eigenvalue weighted by atomic mass is 9.71. The highest BCUT2D eigenvalue weighted by atomic mass is 32.1. The van der Waals surface area contributed by atoms with Crippen molar-refractivity contribution in [3.05, 3.63) is 21.9 Å². The molecule has 1 fully saturated rings. The van der Waals surface area contributed by atoms with Gasteiger partial charge in [-0.05, 0) is 51.9 Å². The van der Waals surface area contributed by atoms with Gasteiger partial charge in [-0.3, -0.25) is 0 Å². The number of hydrogen-bond donors (Lipinski definition) is 1. The van der Waals surface area contributed by atoms with Crippen molar-refractivity contribution < 1.29 is 0 Å². The van der Waals surface area contributed by atoms with E-state index in [0.29, 0.717) is 0 Å². The second-order valence-corrected chi connectivity index (χ2v) is 7.45. The summed E-state index contributed by atoms with van der Waals surface area (Å²) in [6.07, 6.45) is 5.10. The molecule has 2 N–H and O–H groups in total. The highest BCUT2D eigenvalue weighted by Crippen LogP contribution is 2.44. The van der Waals surface area contributed by atoms with Gasteiger partial charge in [0.05, 0.1) is 6.04 Å². The minimum absolute atomic E-state index is 0.147. The van der Waals surface area contributed by atoms with Gasteiger partial charge >= 0.3 is 0 Å². The van der Waals surface area contributed by atoms with Gasteiger partial charge < -0.3 is 10.6 Å². The molecule has 0 spiro atoms. The standard InChI is InChI=1S/C15H26N2S/c1-11-6-5-9-15(10-11,17(3)4)14(16)13-8-7-12(2)18-13/h7-8,11,14H,5-6,9-10,16H2,1-4H3. The number of hydrogen-bond acceptors (Lipinski definition) is 3. The molecule has 0 bridgehead atoms. The number of thiophene rings is 1. The number of nitrogens with two attached hydrogens (primary N) is 1. The van der Waals surface area contributed by atoms with Gasteiger partial charge in [-0.25, -0.2) is 0 Å². The fourth-order valence-corrected chi connectivity index (χ4v) is 4.41. The highest BCUT2D eigenvalue weighted by molar-refractivity contribution is 7.12. The molecule has 1 aliphatic carbocycles. The monoisotopic (exact) mass is 266 g/mol. The first-order valence-electron chi connectivity index (χ1n) is 6.95. The average molecular weight is 266 g/mol. The van der Waals surface area contributed by atoms with Crippen LogP contribution in [0.5, 0.6) is 0 Å². The first kappa shape index (κ1) is 14.0. The Labute approximate surface area is 115 Å². The summed E-state index contributed by atoms with van der Waals surface area (Å²) in [4.78, 5) is 5.08. The highest BCUT2D eigenvalue weighted by Gasteiger charge is 2.43. The molecule has 1 heterocycles. The van der Waals surface area contributed by atoms with Gasteiger partial charge in [0.15, 0.2) is 0 Å². The maximum atomic E-state index is 6.65. The molecular weight excluding hydrogens is 240 g/mol. The molecular formula is C15H26N2S. The average Bonchev–Trinajstić information content (AvgIpc) is 2.74. The van der Waals surface area contributed by atoms with Crippen molar-refractivity contribution in [1.29, 1.82) is 0 Å². The molecule has 102 valence electrons. The zero-order valence-corrected chi connectivity index (χ0v) is 12.9. The molecule has 0 saturated heterocycles. The van der Waals surface area contributed by atoms with Gasteiger partial charge in [0.1, 0.15) is 0 Å². The van der Waals surface area contributed by atoms with Crippen LogP contribution in [0, 0.1) is 12.8 Å². The van der Waals surface area contributed by atoms with Crippen LogP contribution in [0.2, 0.25) is 0 Å². The van der Waals surface area contributed by atoms with Gasteiger partial charge in [0.2, 0.25) is 0 Å². The molecule has 1 saturated carbocycles. The van der Waals surface area contributed by atoms with Crippen molar-refractivity contribution >= 4 is 11.3 Å². The quantitative estimate of drug-likeness (QED) is 0.906. The molecule has 2 nitrogen and oxygen atoms in total. The Kier molecular flexibility index (Phi) is 4.15. The summed E-state index contributed by atoms with van der Waals surface area (Å²) in [6.45, 7) is 4.52. The Hall–Kier alpha value is -0.380. The fourth-order valence-electron chi connectivity index (χ4n) is 3.42. The van der Waals surface area contributed by atoms with Crippen molar-refractivity contribution in [2.24, 2.45) is 11.7 Å². The third-order valence-corrected chi connectivity index (χ3v) is 5.63. The smallest absolute Gasteiger partial charge is 0.0576 e. The molecule has 1 aromatic rings. The molecule has 0 aliphatic heterocycles. The second kappa shape index (κ2) is 5.32. The van der Waals surface area contributed by atoms with Crippen molar-refractivity contribution in [2.75, 3.05) is 14.1 Å². The maximum Gasteiger partial charge on any atom is 0.0576 e. The summed E-state index contributed by atoms with van der Waals surface area (Å²) in [5.41, 5.74) is 6.80. The van der Waals surface area contributed by atoms with Crippen LogP contribution in [-0.2, 0) is 0 Å². The van der Waals surface area contributed by atoms with Crippen molar-refractivity contribution in [3.63, 3.8) is 0 Å². The van der Waals surface area contributed by atoms with Gasteiger partial charge in [-0.15, -0.1) is 11.3 Å². The summed E-state index contributed by atoms with van der Waals surface area (Å²) < 4.78 is 0. The third kappa shape index (κ3) is 2.49. The van der Waals surface area contributed by atoms with E-state index in [1.165, 1.54) is 35.4 Å². The minimum Gasteiger partial charge on any atom is -0.322 e. The summed E-state index contributed by atoms with van der Waals surface area (Å²) in [6, 6.07) is 4.55. The molecule has 0 aromatic carbocycles. The van der Waals surface area contributed by atoms with Gasteiger partial charge in [0.25, 0.3) is 0 Å². The zero-order valence-electron chi connectivity index (χ0n) is 12.1. The molecule has 18 heavy (non-hydrogen) atoms. The van der Waals surface area contributed by atoms with Crippen LogP contribution >= 0.6 is 11.3 Å². The van der Waals surface area contributed by atoms with Crippen LogP contribution in [0.1, 0.15) is 48.4 Å². The van der Waals surface area contributed by atoms with Crippen LogP contribution in [0.3, 0.4) is 0 Å². The number of rotatable bonds is 3. The van der Waals surface area contributed by atoms with Gasteiger partial charge in [-0.1, -0.05) is 19.8 Å². The van der Waals surface area contributed by atoms with E-state index in [0.717, 1.165) is 5.92 Å². The van der Waals surface area contributed by atoms with Crippen LogP contribution in [0.4, 0.5) is 0 Å². The molecule has 0 radical (unpaired) electrons. The lowest BCUT2D eigenvalue weighted by molar-refractivity contribution is 0.0510. The molecule has 3 atom stereocenters. The summed E-state index contributed by atoms with van der Waals surface area (Å²) in [5.74, 6) is 0.785. The number of aryl methyl sites for hydroxylation is 1. The zero-order chi connectivity index (χ0) is 13.3. The molecule has 3 heteroatoms. The molecule has 1 aromatic heterocycles. The first-order valence-corrected chi connectivity index (χ1v) is 7.77. The normalized spacial score (nSPS) is 30.7. The van der Waals surface area contributed by atoms with E-state index in [-0.39, 0.29) is 11.6 Å². The van der Waals surface area contributed by atoms with Crippen LogP contribution in [0.25, 0.3) is 0 Å². The van der Waals surface area contributed by atoms with E-state index in [2.05, 4.69) is 45.0 Å². The van der Waals surface area contributed by atoms with E-state index in [4.69, 9.17) is 5.73 Å². The van der Waals surface area contributed by atoms with Crippen molar-refractivity contribution in [3.8, 4) is 0 Å². The minimum atomic E-state index is 0.147. The summed E-state index contributed by atoms with van der Waals surface area (Å²) in [7, 11) is 4.39. The lowest BCUT2D eigenvalue weighted by Crippen LogP contribution is -2.54. The van der Waals surface area contributed by atoms with Crippen LogP contribution in [0.15, 0.2) is 12.1 Å². The Morgan fingerprint density at radius 1 is 1.44 bits per heavy atom.